The van der Waals surface area contributed by atoms with Crippen LogP contribution in [-0.2, 0) is 0 Å². The second kappa shape index (κ2) is 8.93. The molecule has 8 heteroatoms. The SMILES string of the molecule is COc1ccc(C2=NN(C(=S)Nc3ccccc3)C(c3cccc([N+](=O)[O-])c3)C2)cc1. The summed E-state index contributed by atoms with van der Waals surface area (Å²) < 4.78 is 5.24. The number of hydrogen-bond donors (Lipinski definition) is 1. The molecule has 3 aromatic carbocycles. The van der Waals surface area contributed by atoms with E-state index in [0.29, 0.717) is 11.5 Å². The zero-order valence-electron chi connectivity index (χ0n) is 16.8. The van der Waals surface area contributed by atoms with Gasteiger partial charge in [0.15, 0.2) is 5.11 Å². The third kappa shape index (κ3) is 4.54. The van der Waals surface area contributed by atoms with Crippen LogP contribution in [0.3, 0.4) is 0 Å². The maximum Gasteiger partial charge on any atom is 0.269 e. The van der Waals surface area contributed by atoms with E-state index in [1.165, 1.54) is 6.07 Å². The van der Waals surface area contributed by atoms with Crippen LogP contribution in [0.2, 0.25) is 0 Å². The highest BCUT2D eigenvalue weighted by molar-refractivity contribution is 7.80. The lowest BCUT2D eigenvalue weighted by Gasteiger charge is -2.24. The van der Waals surface area contributed by atoms with E-state index >= 15 is 0 Å². The van der Waals surface area contributed by atoms with E-state index < -0.39 is 4.92 Å². The van der Waals surface area contributed by atoms with Crippen molar-refractivity contribution in [2.75, 3.05) is 12.4 Å². The molecule has 7 nitrogen and oxygen atoms in total. The molecule has 3 aromatic rings. The summed E-state index contributed by atoms with van der Waals surface area (Å²) in [5.74, 6) is 0.760. The van der Waals surface area contributed by atoms with Crippen LogP contribution < -0.4 is 10.1 Å². The van der Waals surface area contributed by atoms with Crippen LogP contribution in [-0.4, -0.2) is 27.9 Å². The summed E-state index contributed by atoms with van der Waals surface area (Å²) in [4.78, 5) is 10.9. The van der Waals surface area contributed by atoms with Crippen LogP contribution in [0.4, 0.5) is 11.4 Å². The predicted molar refractivity (Wildman–Crippen MR) is 124 cm³/mol. The first kappa shape index (κ1) is 20.5. The number of hydrazone groups is 1. The van der Waals surface area contributed by atoms with E-state index in [1.807, 2.05) is 60.7 Å². The molecule has 31 heavy (non-hydrogen) atoms. The fraction of sp³-hybridized carbons (Fsp3) is 0.130. The first-order valence-electron chi connectivity index (χ1n) is 9.66. The smallest absolute Gasteiger partial charge is 0.269 e. The highest BCUT2D eigenvalue weighted by atomic mass is 32.1. The first-order valence-corrected chi connectivity index (χ1v) is 10.1. The molecule has 0 aliphatic carbocycles. The van der Waals surface area contributed by atoms with Gasteiger partial charge in [-0.1, -0.05) is 30.3 Å². The van der Waals surface area contributed by atoms with Gasteiger partial charge >= 0.3 is 0 Å². The number of ether oxygens (including phenoxy) is 1. The lowest BCUT2D eigenvalue weighted by Crippen LogP contribution is -2.31. The van der Waals surface area contributed by atoms with Gasteiger partial charge in [-0.15, -0.1) is 0 Å². The fourth-order valence-electron chi connectivity index (χ4n) is 3.46. The van der Waals surface area contributed by atoms with Gasteiger partial charge in [0.1, 0.15) is 5.75 Å². The molecule has 1 N–H and O–H groups in total. The molecular weight excluding hydrogens is 412 g/mol. The monoisotopic (exact) mass is 432 g/mol. The molecule has 4 rings (SSSR count). The molecule has 1 atom stereocenters. The molecule has 0 bridgehead atoms. The minimum Gasteiger partial charge on any atom is -0.497 e. The number of para-hydroxylation sites is 1. The van der Waals surface area contributed by atoms with Gasteiger partial charge in [-0.25, -0.2) is 5.01 Å². The van der Waals surface area contributed by atoms with Crippen LogP contribution in [0.15, 0.2) is 84.0 Å². The minimum atomic E-state index is -0.394. The average molecular weight is 433 g/mol. The standard InChI is InChI=1S/C23H20N4O3S/c1-30-20-12-10-16(11-13-20)21-15-22(17-6-5-9-19(14-17)27(28)29)26(25-21)23(31)24-18-7-3-2-4-8-18/h2-14,22H,15H2,1H3,(H,24,31). The Morgan fingerprint density at radius 3 is 2.55 bits per heavy atom. The van der Waals surface area contributed by atoms with Gasteiger partial charge in [0.05, 0.1) is 23.8 Å². The predicted octanol–water partition coefficient (Wildman–Crippen LogP) is 5.15. The maximum atomic E-state index is 11.3. The van der Waals surface area contributed by atoms with Crippen molar-refractivity contribution in [1.82, 2.24) is 5.01 Å². The maximum absolute atomic E-state index is 11.3. The Hall–Kier alpha value is -3.78. The number of rotatable bonds is 5. The number of non-ortho nitro benzene ring substituents is 1. The molecule has 0 fully saturated rings. The van der Waals surface area contributed by atoms with Crippen LogP contribution in [0.25, 0.3) is 0 Å². The molecule has 0 spiro atoms. The number of hydrogen-bond acceptors (Lipinski definition) is 5. The van der Waals surface area contributed by atoms with Crippen LogP contribution in [0.5, 0.6) is 5.75 Å². The number of methoxy groups -OCH3 is 1. The molecule has 0 saturated carbocycles. The van der Waals surface area contributed by atoms with Gasteiger partial charge in [-0.3, -0.25) is 10.1 Å². The van der Waals surface area contributed by atoms with Gasteiger partial charge in [-0.2, -0.15) is 5.10 Å². The summed E-state index contributed by atoms with van der Waals surface area (Å²) in [5.41, 5.74) is 3.45. The van der Waals surface area contributed by atoms with Gasteiger partial charge in [-0.05, 0) is 59.7 Å². The van der Waals surface area contributed by atoms with E-state index in [4.69, 9.17) is 22.1 Å². The van der Waals surface area contributed by atoms with Crippen molar-refractivity contribution in [2.24, 2.45) is 5.10 Å². The molecule has 1 unspecified atom stereocenters. The summed E-state index contributed by atoms with van der Waals surface area (Å²) in [6.45, 7) is 0. The van der Waals surface area contributed by atoms with Crippen molar-refractivity contribution in [1.29, 1.82) is 0 Å². The van der Waals surface area contributed by atoms with Crippen molar-refractivity contribution in [3.05, 3.63) is 100 Å². The number of nitro benzene ring substituents is 1. The summed E-state index contributed by atoms with van der Waals surface area (Å²) >= 11 is 5.65. The quantitative estimate of drug-likeness (QED) is 0.341. The van der Waals surface area contributed by atoms with Gasteiger partial charge in [0, 0.05) is 24.2 Å². The van der Waals surface area contributed by atoms with Crippen LogP contribution in [0, 0.1) is 10.1 Å². The second-order valence-corrected chi connectivity index (χ2v) is 7.37. The molecule has 1 aliphatic heterocycles. The highest BCUT2D eigenvalue weighted by Gasteiger charge is 2.32. The number of nitrogens with one attached hydrogen (secondary N) is 1. The third-order valence-corrected chi connectivity index (χ3v) is 5.32. The molecule has 0 amide bonds. The van der Waals surface area contributed by atoms with E-state index in [0.717, 1.165) is 28.3 Å². The van der Waals surface area contributed by atoms with Gasteiger partial charge in [0.2, 0.25) is 0 Å². The largest absolute Gasteiger partial charge is 0.497 e. The molecule has 0 aromatic heterocycles. The number of thiocarbonyl (C=S) groups is 1. The zero-order valence-corrected chi connectivity index (χ0v) is 17.6. The number of nitrogens with zero attached hydrogens (tertiary/aromatic N) is 3. The van der Waals surface area contributed by atoms with E-state index in [2.05, 4.69) is 5.32 Å². The first-order chi connectivity index (χ1) is 15.0. The van der Waals surface area contributed by atoms with Crippen molar-refractivity contribution in [3.63, 3.8) is 0 Å². The molecule has 156 valence electrons. The summed E-state index contributed by atoms with van der Waals surface area (Å²) in [6.07, 6.45) is 0.560. The Labute approximate surface area is 185 Å². The van der Waals surface area contributed by atoms with E-state index in [-0.39, 0.29) is 11.7 Å². The van der Waals surface area contributed by atoms with Gasteiger partial charge in [0.25, 0.3) is 5.69 Å². The Bertz CT molecular complexity index is 1130. The molecule has 1 heterocycles. The summed E-state index contributed by atoms with van der Waals surface area (Å²) in [6, 6.07) is 23.6. The van der Waals surface area contributed by atoms with E-state index in [9.17, 15) is 10.1 Å². The molecule has 0 radical (unpaired) electrons. The van der Waals surface area contributed by atoms with Crippen LogP contribution >= 0.6 is 12.2 Å². The highest BCUT2D eigenvalue weighted by Crippen LogP contribution is 2.35. The second-order valence-electron chi connectivity index (χ2n) is 6.99. The lowest BCUT2D eigenvalue weighted by molar-refractivity contribution is -0.384. The summed E-state index contributed by atoms with van der Waals surface area (Å²) in [7, 11) is 1.62. The Morgan fingerprint density at radius 1 is 1.13 bits per heavy atom. The molecular formula is C23H20N4O3S. The van der Waals surface area contributed by atoms with Crippen molar-refractivity contribution < 1.29 is 9.66 Å². The van der Waals surface area contributed by atoms with Crippen molar-refractivity contribution in [2.45, 2.75) is 12.5 Å². The normalized spacial score (nSPS) is 15.3. The van der Waals surface area contributed by atoms with Crippen molar-refractivity contribution in [3.8, 4) is 5.75 Å². The van der Waals surface area contributed by atoms with Crippen molar-refractivity contribution >= 4 is 34.4 Å². The van der Waals surface area contributed by atoms with Crippen LogP contribution in [0.1, 0.15) is 23.6 Å². The van der Waals surface area contributed by atoms with Gasteiger partial charge < -0.3 is 10.1 Å². The topological polar surface area (TPSA) is 80.0 Å². The van der Waals surface area contributed by atoms with E-state index in [1.54, 1.807) is 24.3 Å². The average Bonchev–Trinajstić information content (AvgIpc) is 3.26. The molecule has 1 aliphatic rings. The third-order valence-electron chi connectivity index (χ3n) is 5.03. The Morgan fingerprint density at radius 2 is 1.87 bits per heavy atom. The minimum absolute atomic E-state index is 0.0392. The molecule has 0 saturated heterocycles. The Kier molecular flexibility index (Phi) is 5.90. The number of anilines is 1. The number of benzene rings is 3. The zero-order chi connectivity index (χ0) is 21.8. The number of nitro groups is 1. The summed E-state index contributed by atoms with van der Waals surface area (Å²) in [5, 5.41) is 21.4. The fourth-order valence-corrected chi connectivity index (χ4v) is 3.75. The lowest BCUT2D eigenvalue weighted by atomic mass is 9.98. The Balaban J connectivity index is 1.67.